The summed E-state index contributed by atoms with van der Waals surface area (Å²) in [6, 6.07) is 15.1. The highest BCUT2D eigenvalue weighted by Crippen LogP contribution is 2.29. The number of carbonyl (C=O) groups is 2. The van der Waals surface area contributed by atoms with Gasteiger partial charge in [0.05, 0.1) is 11.9 Å². The van der Waals surface area contributed by atoms with Gasteiger partial charge < -0.3 is 9.47 Å². The third-order valence-corrected chi connectivity index (χ3v) is 4.68. The molecule has 2 heterocycles. The monoisotopic (exact) mass is 389 g/mol. The summed E-state index contributed by atoms with van der Waals surface area (Å²) >= 11 is 0. The van der Waals surface area contributed by atoms with Crippen molar-refractivity contribution in [3.63, 3.8) is 0 Å². The summed E-state index contributed by atoms with van der Waals surface area (Å²) < 4.78 is 12.8. The van der Waals surface area contributed by atoms with Gasteiger partial charge in [-0.25, -0.2) is 4.79 Å². The average Bonchev–Trinajstić information content (AvgIpc) is 3.07. The van der Waals surface area contributed by atoms with Crippen molar-refractivity contribution in [2.45, 2.75) is 38.9 Å². The van der Waals surface area contributed by atoms with Gasteiger partial charge in [-0.15, -0.1) is 0 Å². The van der Waals surface area contributed by atoms with E-state index in [4.69, 9.17) is 9.47 Å². The van der Waals surface area contributed by atoms with E-state index in [0.29, 0.717) is 11.1 Å². The number of rotatable bonds is 3. The molecule has 1 aliphatic rings. The number of fused-ring (bicyclic) bond motifs is 2. The fourth-order valence-electron chi connectivity index (χ4n) is 3.41. The molecule has 0 aliphatic carbocycles. The minimum absolute atomic E-state index is 0.0856. The van der Waals surface area contributed by atoms with Crippen LogP contribution in [0.15, 0.2) is 60.8 Å². The standard InChI is InChI=1S/C24H23NO4/c1-24(2,3)29-23(27)25-15-19(18-9-5-6-10-20(18)25)21(26)14-17-13-12-16-8-4-7-11-22(16)28-17/h4-13,15,17H,14H2,1-3H3. The van der Waals surface area contributed by atoms with Gasteiger partial charge in [0.2, 0.25) is 0 Å². The molecular weight excluding hydrogens is 366 g/mol. The van der Waals surface area contributed by atoms with E-state index in [2.05, 4.69) is 0 Å². The number of nitrogens with zero attached hydrogens (tertiary/aromatic N) is 1. The molecule has 1 atom stereocenters. The van der Waals surface area contributed by atoms with Crippen molar-refractivity contribution in [2.75, 3.05) is 0 Å². The Kier molecular flexibility index (Phi) is 4.74. The number of ether oxygens (including phenoxy) is 2. The lowest BCUT2D eigenvalue weighted by atomic mass is 10.0. The molecule has 1 aliphatic heterocycles. The molecule has 0 fully saturated rings. The summed E-state index contributed by atoms with van der Waals surface area (Å²) in [5, 5.41) is 0.726. The molecule has 0 N–H and O–H groups in total. The van der Waals surface area contributed by atoms with Gasteiger partial charge in [0.25, 0.3) is 0 Å². The van der Waals surface area contributed by atoms with Crippen LogP contribution < -0.4 is 4.74 Å². The van der Waals surface area contributed by atoms with Crippen LogP contribution in [0, 0.1) is 0 Å². The Balaban J connectivity index is 1.61. The minimum Gasteiger partial charge on any atom is -0.485 e. The first kappa shape index (κ1) is 19.0. The lowest BCUT2D eigenvalue weighted by Gasteiger charge is -2.20. The van der Waals surface area contributed by atoms with E-state index < -0.39 is 11.7 Å². The molecule has 3 aromatic rings. The number of para-hydroxylation sites is 2. The number of Topliss-reactive ketones (excluding diaryl/α,β-unsaturated/α-hetero) is 1. The van der Waals surface area contributed by atoms with Crippen LogP contribution in [0.2, 0.25) is 0 Å². The number of benzene rings is 2. The summed E-state index contributed by atoms with van der Waals surface area (Å²) in [6.07, 6.45) is 4.78. The molecule has 0 amide bonds. The third kappa shape index (κ3) is 3.94. The molecule has 5 heteroatoms. The Morgan fingerprint density at radius 3 is 2.59 bits per heavy atom. The van der Waals surface area contributed by atoms with Crippen LogP contribution in [0.1, 0.15) is 43.1 Å². The normalized spacial score (nSPS) is 15.6. The largest absolute Gasteiger partial charge is 0.485 e. The molecule has 1 unspecified atom stereocenters. The quantitative estimate of drug-likeness (QED) is 0.557. The summed E-state index contributed by atoms with van der Waals surface area (Å²) in [5.41, 5.74) is 1.51. The molecule has 148 valence electrons. The van der Waals surface area contributed by atoms with Gasteiger partial charge >= 0.3 is 6.09 Å². The van der Waals surface area contributed by atoms with Crippen molar-refractivity contribution in [3.05, 3.63) is 71.9 Å². The molecule has 1 aromatic heterocycles. The van der Waals surface area contributed by atoms with Gasteiger partial charge in [-0.3, -0.25) is 9.36 Å². The van der Waals surface area contributed by atoms with E-state index >= 15 is 0 Å². The number of carbonyl (C=O) groups excluding carboxylic acids is 2. The average molecular weight is 389 g/mol. The second-order valence-electron chi connectivity index (χ2n) is 8.09. The Hall–Kier alpha value is -3.34. The second-order valence-corrected chi connectivity index (χ2v) is 8.09. The molecular formula is C24H23NO4. The maximum atomic E-state index is 13.1. The predicted octanol–water partition coefficient (Wildman–Crippen LogP) is 5.47. The maximum Gasteiger partial charge on any atom is 0.419 e. The highest BCUT2D eigenvalue weighted by atomic mass is 16.6. The first-order valence-corrected chi connectivity index (χ1v) is 9.62. The number of hydrogen-bond donors (Lipinski definition) is 0. The molecule has 4 rings (SSSR count). The predicted molar refractivity (Wildman–Crippen MR) is 112 cm³/mol. The van der Waals surface area contributed by atoms with Gasteiger partial charge in [0.1, 0.15) is 17.5 Å². The molecule has 2 aromatic carbocycles. The van der Waals surface area contributed by atoms with Crippen LogP contribution in [0.5, 0.6) is 5.75 Å². The Bertz CT molecular complexity index is 1120. The van der Waals surface area contributed by atoms with Gasteiger partial charge in [-0.1, -0.05) is 42.5 Å². The van der Waals surface area contributed by atoms with Gasteiger partial charge in [-0.2, -0.15) is 0 Å². The lowest BCUT2D eigenvalue weighted by molar-refractivity contribution is 0.0544. The van der Waals surface area contributed by atoms with Crippen LogP contribution in [-0.2, 0) is 4.74 Å². The van der Waals surface area contributed by atoms with Gasteiger partial charge in [0, 0.05) is 22.7 Å². The topological polar surface area (TPSA) is 57.5 Å². The van der Waals surface area contributed by atoms with Crippen molar-refractivity contribution >= 4 is 28.9 Å². The molecule has 0 spiro atoms. The van der Waals surface area contributed by atoms with Crippen LogP contribution in [0.3, 0.4) is 0 Å². The van der Waals surface area contributed by atoms with Gasteiger partial charge in [0.15, 0.2) is 5.78 Å². The van der Waals surface area contributed by atoms with Crippen molar-refractivity contribution < 1.29 is 19.1 Å². The van der Waals surface area contributed by atoms with E-state index in [9.17, 15) is 9.59 Å². The first-order valence-electron chi connectivity index (χ1n) is 9.62. The first-order chi connectivity index (χ1) is 13.8. The van der Waals surface area contributed by atoms with Crippen LogP contribution >= 0.6 is 0 Å². The zero-order chi connectivity index (χ0) is 20.6. The van der Waals surface area contributed by atoms with Crippen molar-refractivity contribution in [3.8, 4) is 5.75 Å². The highest BCUT2D eigenvalue weighted by molar-refractivity contribution is 6.10. The van der Waals surface area contributed by atoms with Crippen molar-refractivity contribution in [1.82, 2.24) is 4.57 Å². The highest BCUT2D eigenvalue weighted by Gasteiger charge is 2.25. The maximum absolute atomic E-state index is 13.1. The Morgan fingerprint density at radius 2 is 1.79 bits per heavy atom. The number of ketones is 1. The third-order valence-electron chi connectivity index (χ3n) is 4.68. The van der Waals surface area contributed by atoms with Crippen LogP contribution in [-0.4, -0.2) is 28.1 Å². The van der Waals surface area contributed by atoms with Crippen LogP contribution in [0.4, 0.5) is 4.79 Å². The van der Waals surface area contributed by atoms with E-state index in [1.807, 2.05) is 81.5 Å². The molecule has 29 heavy (non-hydrogen) atoms. The van der Waals surface area contributed by atoms with E-state index in [-0.39, 0.29) is 18.3 Å². The SMILES string of the molecule is CC(C)(C)OC(=O)n1cc(C(=O)CC2C=Cc3ccccc3O2)c2ccccc21. The Morgan fingerprint density at radius 1 is 1.07 bits per heavy atom. The summed E-state index contributed by atoms with van der Waals surface area (Å²) in [5.74, 6) is 0.682. The summed E-state index contributed by atoms with van der Waals surface area (Å²) in [4.78, 5) is 25.7. The number of aromatic nitrogens is 1. The molecule has 0 bridgehead atoms. The van der Waals surface area contributed by atoms with Crippen molar-refractivity contribution in [1.29, 1.82) is 0 Å². The van der Waals surface area contributed by atoms with Crippen LogP contribution in [0.25, 0.3) is 17.0 Å². The van der Waals surface area contributed by atoms with E-state index in [1.54, 1.807) is 6.20 Å². The minimum atomic E-state index is -0.624. The van der Waals surface area contributed by atoms with Crippen molar-refractivity contribution in [2.24, 2.45) is 0 Å². The second kappa shape index (κ2) is 7.24. The fourth-order valence-corrected chi connectivity index (χ4v) is 3.41. The summed E-state index contributed by atoms with van der Waals surface area (Å²) in [7, 11) is 0. The molecule has 0 radical (unpaired) electrons. The Labute approximate surface area is 169 Å². The zero-order valence-corrected chi connectivity index (χ0v) is 16.7. The number of hydrogen-bond acceptors (Lipinski definition) is 4. The molecule has 0 saturated carbocycles. The molecule has 5 nitrogen and oxygen atoms in total. The van der Waals surface area contributed by atoms with E-state index in [1.165, 1.54) is 4.57 Å². The lowest BCUT2D eigenvalue weighted by Crippen LogP contribution is -2.26. The zero-order valence-electron chi connectivity index (χ0n) is 16.7. The smallest absolute Gasteiger partial charge is 0.419 e. The fraction of sp³-hybridized carbons (Fsp3) is 0.250. The summed E-state index contributed by atoms with van der Waals surface area (Å²) in [6.45, 7) is 5.44. The van der Waals surface area contributed by atoms with E-state index in [0.717, 1.165) is 16.7 Å². The van der Waals surface area contributed by atoms with Gasteiger partial charge in [-0.05, 0) is 39.0 Å². The molecule has 0 saturated heterocycles.